The van der Waals surface area contributed by atoms with Gasteiger partial charge in [0.05, 0.1) is 13.2 Å². The lowest BCUT2D eigenvalue weighted by molar-refractivity contribution is 0.148. The van der Waals surface area contributed by atoms with Gasteiger partial charge in [-0.05, 0) is 18.1 Å². The molecule has 0 aliphatic heterocycles. The van der Waals surface area contributed by atoms with Gasteiger partial charge in [0, 0.05) is 4.47 Å². The molecule has 0 amide bonds. The lowest BCUT2D eigenvalue weighted by Crippen LogP contribution is -1.93. The maximum absolute atomic E-state index is 5.49. The van der Waals surface area contributed by atoms with Gasteiger partial charge in [0.15, 0.2) is 0 Å². The Morgan fingerprint density at radius 1 is 1.29 bits per heavy atom. The molecule has 0 aliphatic rings. The van der Waals surface area contributed by atoms with Gasteiger partial charge >= 0.3 is 0 Å². The number of halogens is 1. The third-order valence-corrected chi connectivity index (χ3v) is 2.61. The van der Waals surface area contributed by atoms with Gasteiger partial charge in [0.25, 0.3) is 0 Å². The Morgan fingerprint density at radius 2 is 2.07 bits per heavy atom. The molecule has 0 saturated heterocycles. The number of hydrogen-bond donors (Lipinski definition) is 0. The molecule has 1 aromatic carbocycles. The van der Waals surface area contributed by atoms with Gasteiger partial charge in [-0.2, -0.15) is 0 Å². The molecule has 0 heterocycles. The van der Waals surface area contributed by atoms with Crippen LogP contribution in [0.15, 0.2) is 40.9 Å². The summed E-state index contributed by atoms with van der Waals surface area (Å²) in [5.74, 6) is 0. The normalized spacial score (nSPS) is 11.0. The van der Waals surface area contributed by atoms with E-state index in [1.54, 1.807) is 0 Å². The molecule has 0 bridgehead atoms. The van der Waals surface area contributed by atoms with Crippen LogP contribution >= 0.6 is 15.9 Å². The maximum Gasteiger partial charge on any atom is 0.0732 e. The third-order valence-electron chi connectivity index (χ3n) is 1.83. The second-order valence-corrected chi connectivity index (χ2v) is 3.84. The predicted molar refractivity (Wildman–Crippen MR) is 63.2 cm³/mol. The number of allylic oxidation sites excluding steroid dienone is 1. The minimum Gasteiger partial charge on any atom is -0.373 e. The summed E-state index contributed by atoms with van der Waals surface area (Å²) in [5, 5.41) is 0. The summed E-state index contributed by atoms with van der Waals surface area (Å²) in [7, 11) is 0. The van der Waals surface area contributed by atoms with Crippen LogP contribution in [0.3, 0.4) is 0 Å². The minimum atomic E-state index is 0.662. The SMILES string of the molecule is CCC=CCOCc1ccccc1Br. The molecule has 0 spiro atoms. The van der Waals surface area contributed by atoms with Crippen LogP contribution in [0.4, 0.5) is 0 Å². The highest BCUT2D eigenvalue weighted by Gasteiger charge is 1.96. The van der Waals surface area contributed by atoms with Crippen molar-refractivity contribution in [3.63, 3.8) is 0 Å². The van der Waals surface area contributed by atoms with Crippen LogP contribution in [0.5, 0.6) is 0 Å². The Hall–Kier alpha value is -0.600. The summed E-state index contributed by atoms with van der Waals surface area (Å²) in [6.45, 7) is 3.47. The van der Waals surface area contributed by atoms with Crippen molar-refractivity contribution in [2.45, 2.75) is 20.0 Å². The van der Waals surface area contributed by atoms with Crippen LogP contribution in [-0.2, 0) is 11.3 Å². The predicted octanol–water partition coefficient (Wildman–Crippen LogP) is 3.93. The van der Waals surface area contributed by atoms with Gasteiger partial charge in [-0.25, -0.2) is 0 Å². The average Bonchev–Trinajstić information content (AvgIpc) is 2.20. The molecule has 1 nitrogen and oxygen atoms in total. The van der Waals surface area contributed by atoms with Crippen molar-refractivity contribution < 1.29 is 4.74 Å². The number of benzene rings is 1. The van der Waals surface area contributed by atoms with Crippen LogP contribution in [0.1, 0.15) is 18.9 Å². The third kappa shape index (κ3) is 4.07. The quantitative estimate of drug-likeness (QED) is 0.572. The van der Waals surface area contributed by atoms with Crippen molar-refractivity contribution in [1.82, 2.24) is 0 Å². The molecule has 1 aromatic rings. The molecule has 0 atom stereocenters. The molecule has 1 rings (SSSR count). The van der Waals surface area contributed by atoms with E-state index in [1.807, 2.05) is 18.2 Å². The fourth-order valence-corrected chi connectivity index (χ4v) is 1.49. The first-order valence-corrected chi connectivity index (χ1v) is 5.60. The van der Waals surface area contributed by atoms with E-state index in [2.05, 4.69) is 41.1 Å². The van der Waals surface area contributed by atoms with E-state index in [0.717, 1.165) is 10.9 Å². The Kier molecular flexibility index (Phi) is 5.57. The summed E-state index contributed by atoms with van der Waals surface area (Å²) in [6.07, 6.45) is 5.23. The molecule has 0 N–H and O–H groups in total. The summed E-state index contributed by atoms with van der Waals surface area (Å²) >= 11 is 3.48. The Labute approximate surface area is 93.9 Å². The molecule has 0 saturated carbocycles. The van der Waals surface area contributed by atoms with Crippen LogP contribution in [0, 0.1) is 0 Å². The van der Waals surface area contributed by atoms with E-state index in [1.165, 1.54) is 5.56 Å². The fraction of sp³-hybridized carbons (Fsp3) is 0.333. The Balaban J connectivity index is 2.31. The largest absolute Gasteiger partial charge is 0.373 e. The standard InChI is InChI=1S/C12H15BrO/c1-2-3-6-9-14-10-11-7-4-5-8-12(11)13/h3-8H,2,9-10H2,1H3. The van der Waals surface area contributed by atoms with Gasteiger partial charge in [-0.15, -0.1) is 0 Å². The van der Waals surface area contributed by atoms with E-state index in [-0.39, 0.29) is 0 Å². The van der Waals surface area contributed by atoms with E-state index >= 15 is 0 Å². The first-order valence-electron chi connectivity index (χ1n) is 4.80. The molecular formula is C12H15BrO. The lowest BCUT2D eigenvalue weighted by atomic mass is 10.2. The van der Waals surface area contributed by atoms with Crippen molar-refractivity contribution in [3.8, 4) is 0 Å². The molecule has 14 heavy (non-hydrogen) atoms. The van der Waals surface area contributed by atoms with Gasteiger partial charge in [0.2, 0.25) is 0 Å². The molecular weight excluding hydrogens is 240 g/mol. The second kappa shape index (κ2) is 6.80. The Bertz CT molecular complexity index is 294. The number of rotatable bonds is 5. The van der Waals surface area contributed by atoms with E-state index in [4.69, 9.17) is 4.74 Å². The zero-order chi connectivity index (χ0) is 10.2. The lowest BCUT2D eigenvalue weighted by Gasteiger charge is -2.03. The summed E-state index contributed by atoms with van der Waals surface area (Å²) in [5.41, 5.74) is 1.19. The van der Waals surface area contributed by atoms with E-state index < -0.39 is 0 Å². The average molecular weight is 255 g/mol. The van der Waals surface area contributed by atoms with Gasteiger partial charge in [-0.1, -0.05) is 53.2 Å². The second-order valence-electron chi connectivity index (χ2n) is 2.99. The highest BCUT2D eigenvalue weighted by Crippen LogP contribution is 2.16. The van der Waals surface area contributed by atoms with Gasteiger partial charge in [-0.3, -0.25) is 0 Å². The smallest absolute Gasteiger partial charge is 0.0732 e. The minimum absolute atomic E-state index is 0.662. The van der Waals surface area contributed by atoms with Crippen molar-refractivity contribution in [1.29, 1.82) is 0 Å². The zero-order valence-corrected chi connectivity index (χ0v) is 9.96. The zero-order valence-electron chi connectivity index (χ0n) is 8.37. The first kappa shape index (κ1) is 11.5. The molecule has 76 valence electrons. The van der Waals surface area contributed by atoms with E-state index in [0.29, 0.717) is 13.2 Å². The maximum atomic E-state index is 5.49. The fourth-order valence-electron chi connectivity index (χ4n) is 1.09. The molecule has 2 heteroatoms. The van der Waals surface area contributed by atoms with Crippen LogP contribution in [0.2, 0.25) is 0 Å². The summed E-state index contributed by atoms with van der Waals surface area (Å²) < 4.78 is 6.60. The molecule has 0 fully saturated rings. The van der Waals surface area contributed by atoms with E-state index in [9.17, 15) is 0 Å². The van der Waals surface area contributed by atoms with Crippen LogP contribution < -0.4 is 0 Å². The number of ether oxygens (including phenoxy) is 1. The van der Waals surface area contributed by atoms with Crippen molar-refractivity contribution >= 4 is 15.9 Å². The van der Waals surface area contributed by atoms with Gasteiger partial charge in [0.1, 0.15) is 0 Å². The highest BCUT2D eigenvalue weighted by atomic mass is 79.9. The number of hydrogen-bond acceptors (Lipinski definition) is 1. The molecule has 0 radical (unpaired) electrons. The topological polar surface area (TPSA) is 9.23 Å². The van der Waals surface area contributed by atoms with Crippen molar-refractivity contribution in [2.75, 3.05) is 6.61 Å². The van der Waals surface area contributed by atoms with Crippen LogP contribution in [0.25, 0.3) is 0 Å². The molecule has 0 unspecified atom stereocenters. The molecule has 0 aromatic heterocycles. The highest BCUT2D eigenvalue weighted by molar-refractivity contribution is 9.10. The van der Waals surface area contributed by atoms with Gasteiger partial charge < -0.3 is 4.74 Å². The van der Waals surface area contributed by atoms with Crippen molar-refractivity contribution in [2.24, 2.45) is 0 Å². The summed E-state index contributed by atoms with van der Waals surface area (Å²) in [6, 6.07) is 8.12. The van der Waals surface area contributed by atoms with Crippen molar-refractivity contribution in [3.05, 3.63) is 46.5 Å². The monoisotopic (exact) mass is 254 g/mol. The van der Waals surface area contributed by atoms with Crippen LogP contribution in [-0.4, -0.2) is 6.61 Å². The molecule has 0 aliphatic carbocycles. The summed E-state index contributed by atoms with van der Waals surface area (Å²) in [4.78, 5) is 0. The first-order chi connectivity index (χ1) is 6.84. The Morgan fingerprint density at radius 3 is 2.79 bits per heavy atom.